The van der Waals surface area contributed by atoms with Gasteiger partial charge in [0, 0.05) is 6.07 Å². The van der Waals surface area contributed by atoms with E-state index in [9.17, 15) is 0 Å². The van der Waals surface area contributed by atoms with Gasteiger partial charge in [0.2, 0.25) is 0 Å². The van der Waals surface area contributed by atoms with Gasteiger partial charge in [0.1, 0.15) is 0 Å². The van der Waals surface area contributed by atoms with Crippen LogP contribution in [0.2, 0.25) is 0 Å². The second-order valence-electron chi connectivity index (χ2n) is 9.76. The summed E-state index contributed by atoms with van der Waals surface area (Å²) in [6.45, 7) is 0. The van der Waals surface area contributed by atoms with Gasteiger partial charge in [-0.1, -0.05) is 127 Å². The van der Waals surface area contributed by atoms with Crippen LogP contribution in [0, 0.1) is 6.07 Å². The molecule has 40 heavy (non-hydrogen) atoms. The summed E-state index contributed by atoms with van der Waals surface area (Å²) < 4.78 is 4.64. The summed E-state index contributed by atoms with van der Waals surface area (Å²) in [4.78, 5) is 0. The zero-order chi connectivity index (χ0) is 26.7. The third kappa shape index (κ3) is 4.36. The van der Waals surface area contributed by atoms with Gasteiger partial charge in [0.05, 0.1) is 34.2 Å². The molecule has 0 saturated carbocycles. The molecule has 2 nitrogen and oxygen atoms in total. The Bertz CT molecular complexity index is 1610. The van der Waals surface area contributed by atoms with Crippen LogP contribution in [0.5, 0.6) is 0 Å². The molecular weight excluding hydrogens is 484 g/mol. The molecule has 0 saturated heterocycles. The average Bonchev–Trinajstić information content (AvgIpc) is 3.69. The van der Waals surface area contributed by atoms with Crippen LogP contribution >= 0.6 is 0 Å². The fraction of sp³-hybridized carbons (Fsp3) is 0. The van der Waals surface area contributed by atoms with Gasteiger partial charge in [-0.2, -0.15) is 0 Å². The molecule has 0 aliphatic carbocycles. The third-order valence-electron chi connectivity index (χ3n) is 7.29. The zero-order valence-corrected chi connectivity index (χ0v) is 22.0. The second-order valence-corrected chi connectivity index (χ2v) is 9.76. The standard InChI is InChI=1S/C38H27N2/c1-5-14-29(15-6-1)35-24-25-36(30-16-7-2-8-17-30)39(35)33-22-13-23-34(28-33)40-37(31-18-9-3-10-19-31)26-27-38(40)32-20-11-4-12-21-32/h1-27H. The van der Waals surface area contributed by atoms with Crippen molar-refractivity contribution >= 4 is 0 Å². The molecule has 0 aliphatic heterocycles. The maximum atomic E-state index is 3.82. The summed E-state index contributed by atoms with van der Waals surface area (Å²) in [6, 6.07) is 61.3. The Morgan fingerprint density at radius 2 is 0.550 bits per heavy atom. The van der Waals surface area contributed by atoms with E-state index in [4.69, 9.17) is 0 Å². The van der Waals surface area contributed by atoms with Crippen LogP contribution in [-0.4, -0.2) is 9.13 Å². The molecular formula is C38H27N2. The predicted molar refractivity (Wildman–Crippen MR) is 166 cm³/mol. The van der Waals surface area contributed by atoms with Gasteiger partial charge < -0.3 is 9.13 Å². The highest BCUT2D eigenvalue weighted by molar-refractivity contribution is 5.76. The molecule has 2 aromatic heterocycles. The van der Waals surface area contributed by atoms with E-state index in [2.05, 4.69) is 179 Å². The van der Waals surface area contributed by atoms with Gasteiger partial charge in [0.15, 0.2) is 0 Å². The van der Waals surface area contributed by atoms with E-state index in [0.717, 1.165) is 34.2 Å². The Balaban J connectivity index is 1.46. The Kier molecular flexibility index (Phi) is 6.20. The smallest absolute Gasteiger partial charge is 0.0563 e. The molecule has 7 rings (SSSR count). The molecule has 2 heteroatoms. The monoisotopic (exact) mass is 511 g/mol. The topological polar surface area (TPSA) is 9.86 Å². The summed E-state index contributed by atoms with van der Waals surface area (Å²) in [6.07, 6.45) is 0. The molecule has 1 radical (unpaired) electrons. The van der Waals surface area contributed by atoms with Crippen LogP contribution < -0.4 is 0 Å². The first-order valence-electron chi connectivity index (χ1n) is 13.5. The first-order valence-corrected chi connectivity index (χ1v) is 13.5. The number of hydrogen-bond donors (Lipinski definition) is 0. The molecule has 5 aromatic carbocycles. The highest BCUT2D eigenvalue weighted by Gasteiger charge is 2.17. The van der Waals surface area contributed by atoms with Crippen molar-refractivity contribution in [3.05, 3.63) is 170 Å². The van der Waals surface area contributed by atoms with Crippen LogP contribution in [0.15, 0.2) is 164 Å². The van der Waals surface area contributed by atoms with Crippen molar-refractivity contribution in [2.75, 3.05) is 0 Å². The van der Waals surface area contributed by atoms with Crippen molar-refractivity contribution in [1.82, 2.24) is 9.13 Å². The molecule has 7 aromatic rings. The van der Waals surface area contributed by atoms with Crippen LogP contribution in [0.1, 0.15) is 0 Å². The van der Waals surface area contributed by atoms with Crippen LogP contribution in [0.4, 0.5) is 0 Å². The Morgan fingerprint density at radius 3 is 0.825 bits per heavy atom. The molecule has 0 bridgehead atoms. The van der Waals surface area contributed by atoms with E-state index in [1.54, 1.807) is 0 Å². The molecule has 0 unspecified atom stereocenters. The Labute approximate surface area is 235 Å². The lowest BCUT2D eigenvalue weighted by Crippen LogP contribution is -2.04. The summed E-state index contributed by atoms with van der Waals surface area (Å²) in [7, 11) is 0. The second kappa shape index (κ2) is 10.4. The van der Waals surface area contributed by atoms with Crippen molar-refractivity contribution in [2.45, 2.75) is 0 Å². The van der Waals surface area contributed by atoms with Crippen molar-refractivity contribution < 1.29 is 0 Å². The summed E-state index contributed by atoms with van der Waals surface area (Å²) >= 11 is 0. The quantitative estimate of drug-likeness (QED) is 0.210. The fourth-order valence-corrected chi connectivity index (χ4v) is 5.44. The predicted octanol–water partition coefficient (Wildman–Crippen LogP) is 9.74. The molecule has 2 heterocycles. The fourth-order valence-electron chi connectivity index (χ4n) is 5.44. The van der Waals surface area contributed by atoms with Gasteiger partial charge >= 0.3 is 0 Å². The lowest BCUT2D eigenvalue weighted by Gasteiger charge is -2.18. The normalized spacial score (nSPS) is 11.0. The summed E-state index contributed by atoms with van der Waals surface area (Å²) in [5, 5.41) is 0. The number of rotatable bonds is 6. The lowest BCUT2D eigenvalue weighted by molar-refractivity contribution is 1.05. The minimum Gasteiger partial charge on any atom is -0.309 e. The van der Waals surface area contributed by atoms with E-state index in [-0.39, 0.29) is 0 Å². The number of hydrogen-bond acceptors (Lipinski definition) is 0. The van der Waals surface area contributed by atoms with Crippen LogP contribution in [0.3, 0.4) is 0 Å². The SMILES string of the molecule is [c]1c(-n2c(-c3ccccc3)ccc2-c2ccccc2)cccc1-n1c(-c2ccccc2)ccc1-c1ccccc1. The highest BCUT2D eigenvalue weighted by atomic mass is 15.0. The van der Waals surface area contributed by atoms with Crippen molar-refractivity contribution in [2.24, 2.45) is 0 Å². The van der Waals surface area contributed by atoms with Crippen molar-refractivity contribution in [3.63, 3.8) is 0 Å². The Hall–Kier alpha value is -5.34. The molecule has 0 atom stereocenters. The number of benzene rings is 5. The zero-order valence-electron chi connectivity index (χ0n) is 22.0. The van der Waals surface area contributed by atoms with Gasteiger partial charge in [-0.3, -0.25) is 0 Å². The van der Waals surface area contributed by atoms with Gasteiger partial charge in [0.25, 0.3) is 0 Å². The van der Waals surface area contributed by atoms with Crippen LogP contribution in [0.25, 0.3) is 56.4 Å². The summed E-state index contributed by atoms with van der Waals surface area (Å²) in [5.74, 6) is 0. The lowest BCUT2D eigenvalue weighted by atomic mass is 10.1. The minimum absolute atomic E-state index is 0.993. The van der Waals surface area contributed by atoms with E-state index in [0.29, 0.717) is 0 Å². The molecule has 0 aliphatic rings. The van der Waals surface area contributed by atoms with Gasteiger partial charge in [-0.15, -0.1) is 0 Å². The maximum absolute atomic E-state index is 3.82. The number of nitrogens with zero attached hydrogens (tertiary/aromatic N) is 2. The van der Waals surface area contributed by atoms with E-state index in [1.165, 1.54) is 22.3 Å². The van der Waals surface area contributed by atoms with Gasteiger partial charge in [-0.05, 0) is 58.7 Å². The Morgan fingerprint density at radius 1 is 0.275 bits per heavy atom. The third-order valence-corrected chi connectivity index (χ3v) is 7.29. The highest BCUT2D eigenvalue weighted by Crippen LogP contribution is 2.35. The molecule has 0 fully saturated rings. The maximum Gasteiger partial charge on any atom is 0.0563 e. The molecule has 0 amide bonds. The first-order chi connectivity index (χ1) is 19.9. The van der Waals surface area contributed by atoms with Crippen molar-refractivity contribution in [3.8, 4) is 56.4 Å². The molecule has 0 N–H and O–H groups in total. The minimum atomic E-state index is 0.993. The average molecular weight is 512 g/mol. The molecule has 0 spiro atoms. The van der Waals surface area contributed by atoms with E-state index < -0.39 is 0 Å². The van der Waals surface area contributed by atoms with Crippen molar-refractivity contribution in [1.29, 1.82) is 0 Å². The van der Waals surface area contributed by atoms with E-state index >= 15 is 0 Å². The molecule has 189 valence electrons. The number of aromatic nitrogens is 2. The van der Waals surface area contributed by atoms with E-state index in [1.807, 2.05) is 0 Å². The van der Waals surface area contributed by atoms with Crippen LogP contribution in [-0.2, 0) is 0 Å². The van der Waals surface area contributed by atoms with Gasteiger partial charge in [-0.25, -0.2) is 0 Å². The summed E-state index contributed by atoms with van der Waals surface area (Å²) in [5.41, 5.74) is 11.2. The first kappa shape index (κ1) is 23.8. The largest absolute Gasteiger partial charge is 0.309 e.